The second-order valence-electron chi connectivity index (χ2n) is 4.94. The number of alkyl halides is 2. The normalized spacial score (nSPS) is 11.7. The summed E-state index contributed by atoms with van der Waals surface area (Å²) < 4.78 is 28.1. The Labute approximate surface area is 148 Å². The fourth-order valence-corrected chi connectivity index (χ4v) is 4.71. The molecule has 0 fully saturated rings. The van der Waals surface area contributed by atoms with Crippen molar-refractivity contribution in [1.82, 2.24) is 0 Å². The van der Waals surface area contributed by atoms with Crippen LogP contribution < -0.4 is 0 Å². The molecule has 0 amide bonds. The molecule has 0 saturated heterocycles. The monoisotopic (exact) mass is 480 g/mol. The lowest BCUT2D eigenvalue weighted by molar-refractivity contribution is 0.499. The summed E-state index contributed by atoms with van der Waals surface area (Å²) in [7, 11) is 0. The van der Waals surface area contributed by atoms with Gasteiger partial charge in [-0.05, 0) is 35.7 Å². The maximum Gasteiger partial charge on any atom is 0.127 e. The first-order valence-corrected chi connectivity index (χ1v) is 9.37. The highest BCUT2D eigenvalue weighted by atomic mass is 79.9. The van der Waals surface area contributed by atoms with Crippen molar-refractivity contribution in [1.29, 1.82) is 0 Å². The van der Waals surface area contributed by atoms with Crippen LogP contribution in [0.5, 0.6) is 0 Å². The second kappa shape index (κ2) is 7.34. The Balaban J connectivity index is 2.46. The van der Waals surface area contributed by atoms with Crippen LogP contribution in [0.25, 0.3) is 0 Å². The molecule has 0 aliphatic heterocycles. The summed E-state index contributed by atoms with van der Waals surface area (Å²) >= 11 is 10.4. The van der Waals surface area contributed by atoms with Gasteiger partial charge in [-0.1, -0.05) is 72.1 Å². The van der Waals surface area contributed by atoms with E-state index in [2.05, 4.69) is 47.8 Å². The first kappa shape index (κ1) is 17.1. The molecule has 2 aromatic carbocycles. The average molecular weight is 483 g/mol. The van der Waals surface area contributed by atoms with Crippen molar-refractivity contribution < 1.29 is 8.78 Å². The van der Waals surface area contributed by atoms with E-state index < -0.39 is 5.41 Å². The van der Waals surface area contributed by atoms with Crippen molar-refractivity contribution in [2.24, 2.45) is 0 Å². The first-order valence-electron chi connectivity index (χ1n) is 6.33. The standard InChI is InChI=1S/C16H13Br3F2/c17-9-16(10-18,13-3-1-2-4-15(13)21)8-11-5-6-12(20)7-14(11)19/h1-7H,8-10H2. The van der Waals surface area contributed by atoms with Crippen LogP contribution in [0.2, 0.25) is 0 Å². The molecular formula is C16H13Br3F2. The Morgan fingerprint density at radius 1 is 0.952 bits per heavy atom. The van der Waals surface area contributed by atoms with E-state index in [0.29, 0.717) is 27.1 Å². The van der Waals surface area contributed by atoms with Crippen LogP contribution in [0.1, 0.15) is 11.1 Å². The average Bonchev–Trinajstić information content (AvgIpc) is 2.48. The third-order valence-corrected chi connectivity index (χ3v) is 6.39. The molecule has 0 aliphatic carbocycles. The molecule has 0 unspecified atom stereocenters. The predicted octanol–water partition coefficient (Wildman–Crippen LogP) is 6.00. The van der Waals surface area contributed by atoms with E-state index in [0.717, 1.165) is 5.56 Å². The van der Waals surface area contributed by atoms with Gasteiger partial charge in [0.25, 0.3) is 0 Å². The minimum Gasteiger partial charge on any atom is -0.207 e. The molecule has 2 rings (SSSR count). The van der Waals surface area contributed by atoms with Crippen LogP contribution in [0, 0.1) is 11.6 Å². The van der Waals surface area contributed by atoms with Crippen LogP contribution in [0.3, 0.4) is 0 Å². The Kier molecular flexibility index (Phi) is 5.97. The minimum atomic E-state index is -0.439. The topological polar surface area (TPSA) is 0 Å². The SMILES string of the molecule is Fc1ccc(CC(CBr)(CBr)c2ccccc2F)c(Br)c1. The van der Waals surface area contributed by atoms with E-state index in [-0.39, 0.29) is 11.6 Å². The molecule has 5 heteroatoms. The van der Waals surface area contributed by atoms with Crippen molar-refractivity contribution in [3.05, 3.63) is 69.7 Å². The summed E-state index contributed by atoms with van der Waals surface area (Å²) in [5, 5.41) is 1.19. The molecule has 0 bridgehead atoms. The lowest BCUT2D eigenvalue weighted by Crippen LogP contribution is -2.34. The lowest BCUT2D eigenvalue weighted by Gasteiger charge is -2.31. The van der Waals surface area contributed by atoms with E-state index in [1.165, 1.54) is 18.2 Å². The van der Waals surface area contributed by atoms with Crippen LogP contribution >= 0.6 is 47.8 Å². The Hall–Kier alpha value is -0.260. The van der Waals surface area contributed by atoms with Gasteiger partial charge in [0.05, 0.1) is 0 Å². The van der Waals surface area contributed by atoms with Gasteiger partial charge in [-0.15, -0.1) is 0 Å². The molecule has 0 aromatic heterocycles. The van der Waals surface area contributed by atoms with Crippen LogP contribution in [-0.2, 0) is 11.8 Å². The molecule has 0 heterocycles. The van der Waals surface area contributed by atoms with E-state index in [9.17, 15) is 8.78 Å². The van der Waals surface area contributed by atoms with Crippen molar-refractivity contribution in [2.45, 2.75) is 11.8 Å². The summed E-state index contributed by atoms with van der Waals surface area (Å²) in [5.74, 6) is -0.519. The van der Waals surface area contributed by atoms with Gasteiger partial charge >= 0.3 is 0 Å². The number of halogens is 5. The number of hydrogen-bond acceptors (Lipinski definition) is 0. The van der Waals surface area contributed by atoms with Crippen molar-refractivity contribution in [2.75, 3.05) is 10.7 Å². The molecule has 21 heavy (non-hydrogen) atoms. The van der Waals surface area contributed by atoms with E-state index in [1.807, 2.05) is 6.07 Å². The molecular weight excluding hydrogens is 470 g/mol. The molecule has 0 radical (unpaired) electrons. The van der Waals surface area contributed by atoms with E-state index >= 15 is 0 Å². The minimum absolute atomic E-state index is 0.227. The zero-order valence-electron chi connectivity index (χ0n) is 11.1. The highest BCUT2D eigenvalue weighted by Crippen LogP contribution is 2.36. The summed E-state index contributed by atoms with van der Waals surface area (Å²) in [6.45, 7) is 0. The van der Waals surface area contributed by atoms with Crippen molar-refractivity contribution in [3.63, 3.8) is 0 Å². The van der Waals surface area contributed by atoms with Crippen LogP contribution in [-0.4, -0.2) is 10.7 Å². The van der Waals surface area contributed by atoms with Gasteiger partial charge in [0, 0.05) is 20.5 Å². The molecule has 0 N–H and O–H groups in total. The van der Waals surface area contributed by atoms with Gasteiger partial charge in [-0.25, -0.2) is 8.78 Å². The van der Waals surface area contributed by atoms with Gasteiger partial charge < -0.3 is 0 Å². The molecule has 112 valence electrons. The number of hydrogen-bond donors (Lipinski definition) is 0. The third-order valence-electron chi connectivity index (χ3n) is 3.50. The van der Waals surface area contributed by atoms with Crippen LogP contribution in [0.15, 0.2) is 46.9 Å². The fourth-order valence-electron chi connectivity index (χ4n) is 2.29. The second-order valence-corrected chi connectivity index (χ2v) is 6.92. The molecule has 2 aromatic rings. The Morgan fingerprint density at radius 3 is 2.19 bits per heavy atom. The van der Waals surface area contributed by atoms with Gasteiger partial charge in [-0.2, -0.15) is 0 Å². The number of rotatable bonds is 5. The lowest BCUT2D eigenvalue weighted by atomic mass is 9.79. The predicted molar refractivity (Wildman–Crippen MR) is 93.5 cm³/mol. The van der Waals surface area contributed by atoms with E-state index in [4.69, 9.17) is 0 Å². The van der Waals surface area contributed by atoms with Gasteiger partial charge in [0.1, 0.15) is 11.6 Å². The van der Waals surface area contributed by atoms with Gasteiger partial charge in [0.15, 0.2) is 0 Å². The summed E-state index contributed by atoms with van der Waals surface area (Å²) in [4.78, 5) is 0. The quantitative estimate of drug-likeness (QED) is 0.459. The molecule has 0 nitrogen and oxygen atoms in total. The maximum absolute atomic E-state index is 14.2. The summed E-state index contributed by atoms with van der Waals surface area (Å²) in [5.41, 5.74) is 1.15. The number of benzene rings is 2. The van der Waals surface area contributed by atoms with Crippen molar-refractivity contribution in [3.8, 4) is 0 Å². The zero-order valence-corrected chi connectivity index (χ0v) is 15.8. The smallest absolute Gasteiger partial charge is 0.127 e. The maximum atomic E-state index is 14.2. The summed E-state index contributed by atoms with van der Waals surface area (Å²) in [6.07, 6.45) is 0.589. The highest BCUT2D eigenvalue weighted by Gasteiger charge is 2.33. The summed E-state index contributed by atoms with van der Waals surface area (Å²) in [6, 6.07) is 11.4. The molecule has 0 spiro atoms. The molecule has 0 aliphatic rings. The zero-order chi connectivity index (χ0) is 15.5. The largest absolute Gasteiger partial charge is 0.207 e. The van der Waals surface area contributed by atoms with Gasteiger partial charge in [0.2, 0.25) is 0 Å². The molecule has 0 saturated carbocycles. The van der Waals surface area contributed by atoms with Gasteiger partial charge in [-0.3, -0.25) is 0 Å². The van der Waals surface area contributed by atoms with E-state index in [1.54, 1.807) is 18.2 Å². The highest BCUT2D eigenvalue weighted by molar-refractivity contribution is 9.10. The Morgan fingerprint density at radius 2 is 1.62 bits per heavy atom. The fraction of sp³-hybridized carbons (Fsp3) is 0.250. The first-order chi connectivity index (χ1) is 10.0. The molecule has 0 atom stereocenters. The van der Waals surface area contributed by atoms with Crippen LogP contribution in [0.4, 0.5) is 8.78 Å². The van der Waals surface area contributed by atoms with Crippen molar-refractivity contribution >= 4 is 47.8 Å². The Bertz CT molecular complexity index is 625. The third kappa shape index (κ3) is 3.74.